The van der Waals surface area contributed by atoms with Crippen molar-refractivity contribution in [3.05, 3.63) is 57.6 Å². The molecule has 0 unspecified atom stereocenters. The van der Waals surface area contributed by atoms with E-state index in [2.05, 4.69) is 15.9 Å². The number of rotatable bonds is 2. The molecule has 5 heteroatoms. The number of Topliss-reactive ketones (excluding diaryl/α,β-unsaturated/α-hetero) is 1. The van der Waals surface area contributed by atoms with Crippen molar-refractivity contribution in [2.24, 2.45) is 0 Å². The normalized spacial score (nSPS) is 14.8. The summed E-state index contributed by atoms with van der Waals surface area (Å²) in [5, 5.41) is 0. The summed E-state index contributed by atoms with van der Waals surface area (Å²) in [6.45, 7) is 0. The van der Waals surface area contributed by atoms with E-state index in [1.807, 2.05) is 0 Å². The van der Waals surface area contributed by atoms with E-state index in [0.717, 1.165) is 0 Å². The van der Waals surface area contributed by atoms with Gasteiger partial charge in [-0.2, -0.15) is 8.78 Å². The van der Waals surface area contributed by atoms with E-state index < -0.39 is 5.92 Å². The maximum absolute atomic E-state index is 14.5. The molecular weight excluding hydrogens is 350 g/mol. The molecule has 0 atom stereocenters. The van der Waals surface area contributed by atoms with E-state index >= 15 is 0 Å². The lowest BCUT2D eigenvalue weighted by Gasteiger charge is -2.13. The molecule has 0 spiro atoms. The number of halogens is 4. The maximum Gasteiger partial charge on any atom is 0.299 e. The molecule has 3 rings (SSSR count). The quantitative estimate of drug-likeness (QED) is 0.546. The second-order valence-electron chi connectivity index (χ2n) is 4.58. The molecule has 0 saturated heterocycles. The zero-order valence-electron chi connectivity index (χ0n) is 10.1. The van der Waals surface area contributed by atoms with Crippen LogP contribution < -0.4 is 0 Å². The number of hydrogen-bond acceptors (Lipinski definition) is 1. The van der Waals surface area contributed by atoms with Gasteiger partial charge in [0.15, 0.2) is 5.78 Å². The smallest absolute Gasteiger partial charge is 0.293 e. The van der Waals surface area contributed by atoms with E-state index in [9.17, 15) is 13.6 Å². The van der Waals surface area contributed by atoms with Crippen molar-refractivity contribution in [2.45, 2.75) is 5.92 Å². The Bertz CT molecular complexity index is 728. The largest absolute Gasteiger partial charge is 0.299 e. The highest BCUT2D eigenvalue weighted by molar-refractivity contribution is 9.10. The van der Waals surface area contributed by atoms with Crippen molar-refractivity contribution in [3.63, 3.8) is 0 Å². The van der Waals surface area contributed by atoms with Crippen molar-refractivity contribution in [3.8, 4) is 11.1 Å². The van der Waals surface area contributed by atoms with Crippen molar-refractivity contribution in [1.82, 2.24) is 0 Å². The summed E-state index contributed by atoms with van der Waals surface area (Å²) in [6, 6.07) is 9.13. The number of ketones is 1. The Morgan fingerprint density at radius 1 is 1.10 bits per heavy atom. The van der Waals surface area contributed by atoms with Crippen LogP contribution >= 0.6 is 27.5 Å². The highest BCUT2D eigenvalue weighted by Crippen LogP contribution is 2.51. The Morgan fingerprint density at radius 3 is 2.35 bits per heavy atom. The molecule has 0 aromatic heterocycles. The molecule has 1 aliphatic rings. The lowest BCUT2D eigenvalue weighted by Crippen LogP contribution is -2.12. The first-order valence-electron chi connectivity index (χ1n) is 5.87. The summed E-state index contributed by atoms with van der Waals surface area (Å²) in [4.78, 5) is 11.6. The first kappa shape index (κ1) is 13.7. The fourth-order valence-corrected chi connectivity index (χ4v) is 2.96. The summed E-state index contributed by atoms with van der Waals surface area (Å²) >= 11 is 8.68. The van der Waals surface area contributed by atoms with Crippen molar-refractivity contribution in [2.75, 3.05) is 5.88 Å². The highest BCUT2D eigenvalue weighted by atomic mass is 79.9. The zero-order chi connectivity index (χ0) is 14.5. The van der Waals surface area contributed by atoms with Gasteiger partial charge in [0, 0.05) is 21.2 Å². The molecule has 1 nitrogen and oxygen atoms in total. The second-order valence-corrected chi connectivity index (χ2v) is 5.76. The maximum atomic E-state index is 14.5. The minimum Gasteiger partial charge on any atom is -0.293 e. The number of hydrogen-bond donors (Lipinski definition) is 0. The summed E-state index contributed by atoms with van der Waals surface area (Å²) in [6.07, 6.45) is 0. The SMILES string of the molecule is O=C(CCl)c1ccc2c(c1)C(F)(F)c1cc(Br)ccc1-2. The van der Waals surface area contributed by atoms with Crippen LogP contribution in [0.3, 0.4) is 0 Å². The van der Waals surface area contributed by atoms with Gasteiger partial charge < -0.3 is 0 Å². The van der Waals surface area contributed by atoms with Crippen LogP contribution in [0.25, 0.3) is 11.1 Å². The average Bonchev–Trinajstić information content (AvgIpc) is 2.66. The average molecular weight is 358 g/mol. The minimum absolute atomic E-state index is 0.0441. The van der Waals surface area contributed by atoms with Gasteiger partial charge in [0.1, 0.15) is 0 Å². The first-order chi connectivity index (χ1) is 9.45. The van der Waals surface area contributed by atoms with Gasteiger partial charge in [-0.1, -0.05) is 34.1 Å². The van der Waals surface area contributed by atoms with Crippen LogP contribution in [-0.2, 0) is 5.92 Å². The Hall–Kier alpha value is -1.26. The van der Waals surface area contributed by atoms with Gasteiger partial charge in [-0.05, 0) is 29.3 Å². The monoisotopic (exact) mass is 356 g/mol. The predicted molar refractivity (Wildman–Crippen MR) is 77.6 cm³/mol. The number of alkyl halides is 3. The van der Waals surface area contributed by atoms with Gasteiger partial charge in [0.05, 0.1) is 5.88 Å². The summed E-state index contributed by atoms with van der Waals surface area (Å²) in [5.74, 6) is -3.68. The van der Waals surface area contributed by atoms with Crippen molar-refractivity contribution in [1.29, 1.82) is 0 Å². The molecular formula is C15H8BrClF2O. The predicted octanol–water partition coefficient (Wildman–Crippen LogP) is 4.99. The van der Waals surface area contributed by atoms with E-state index in [-0.39, 0.29) is 28.4 Å². The standard InChI is InChI=1S/C15H8BrClF2O/c16-9-2-4-11-10-3-1-8(14(20)7-17)5-12(10)15(18,19)13(11)6-9/h1-6H,7H2. The molecule has 0 bridgehead atoms. The van der Waals surface area contributed by atoms with Crippen LogP contribution in [0, 0.1) is 0 Å². The molecule has 20 heavy (non-hydrogen) atoms. The number of carbonyl (C=O) groups is 1. The summed E-state index contributed by atoms with van der Waals surface area (Å²) < 4.78 is 29.6. The third kappa shape index (κ3) is 1.90. The molecule has 0 aliphatic heterocycles. The van der Waals surface area contributed by atoms with E-state index in [4.69, 9.17) is 11.6 Å². The minimum atomic E-state index is -3.10. The lowest BCUT2D eigenvalue weighted by molar-refractivity contribution is 0.0479. The third-order valence-electron chi connectivity index (χ3n) is 3.41. The fourth-order valence-electron chi connectivity index (χ4n) is 2.45. The summed E-state index contributed by atoms with van der Waals surface area (Å²) in [5.41, 5.74) is 0.992. The van der Waals surface area contributed by atoms with Gasteiger partial charge in [0.25, 0.3) is 5.92 Å². The number of fused-ring (bicyclic) bond motifs is 3. The van der Waals surface area contributed by atoms with Gasteiger partial charge in [0.2, 0.25) is 0 Å². The molecule has 2 aromatic carbocycles. The number of benzene rings is 2. The van der Waals surface area contributed by atoms with Crippen LogP contribution in [0.1, 0.15) is 21.5 Å². The molecule has 0 saturated carbocycles. The lowest BCUT2D eigenvalue weighted by atomic mass is 10.0. The fraction of sp³-hybridized carbons (Fsp3) is 0.133. The topological polar surface area (TPSA) is 17.1 Å². The molecule has 0 fully saturated rings. The van der Waals surface area contributed by atoms with E-state index in [0.29, 0.717) is 15.6 Å². The Labute approximate surface area is 127 Å². The molecule has 2 aromatic rings. The Balaban J connectivity index is 2.24. The highest BCUT2D eigenvalue weighted by Gasteiger charge is 2.44. The second kappa shape index (κ2) is 4.64. The molecule has 0 radical (unpaired) electrons. The molecule has 0 amide bonds. The third-order valence-corrected chi connectivity index (χ3v) is 4.15. The Morgan fingerprint density at radius 2 is 1.70 bits per heavy atom. The van der Waals surface area contributed by atoms with Crippen molar-refractivity contribution >= 4 is 33.3 Å². The molecule has 0 N–H and O–H groups in total. The van der Waals surface area contributed by atoms with Crippen molar-refractivity contribution < 1.29 is 13.6 Å². The molecule has 1 aliphatic carbocycles. The van der Waals surface area contributed by atoms with Gasteiger partial charge in [-0.15, -0.1) is 11.6 Å². The van der Waals surface area contributed by atoms with Gasteiger partial charge in [-0.3, -0.25) is 4.79 Å². The first-order valence-corrected chi connectivity index (χ1v) is 7.20. The van der Waals surface area contributed by atoms with Crippen LogP contribution in [-0.4, -0.2) is 11.7 Å². The van der Waals surface area contributed by atoms with E-state index in [1.165, 1.54) is 18.2 Å². The van der Waals surface area contributed by atoms with Crippen LogP contribution in [0.5, 0.6) is 0 Å². The zero-order valence-corrected chi connectivity index (χ0v) is 12.4. The number of carbonyl (C=O) groups excluding carboxylic acids is 1. The van der Waals surface area contributed by atoms with Gasteiger partial charge >= 0.3 is 0 Å². The van der Waals surface area contributed by atoms with E-state index in [1.54, 1.807) is 18.2 Å². The molecule has 0 heterocycles. The van der Waals surface area contributed by atoms with Gasteiger partial charge in [-0.25, -0.2) is 0 Å². The molecule has 102 valence electrons. The Kier molecular flexibility index (Phi) is 3.18. The summed E-state index contributed by atoms with van der Waals surface area (Å²) in [7, 11) is 0. The van der Waals surface area contributed by atoms with Crippen LogP contribution in [0.4, 0.5) is 8.78 Å². The van der Waals surface area contributed by atoms with Crippen LogP contribution in [0.2, 0.25) is 0 Å². The van der Waals surface area contributed by atoms with Crippen LogP contribution in [0.15, 0.2) is 40.9 Å².